The largest absolute Gasteiger partial charge is 0.338 e. The second kappa shape index (κ2) is 8.15. The molecule has 0 bridgehead atoms. The molecule has 2 saturated heterocycles. The van der Waals surface area contributed by atoms with Crippen molar-refractivity contribution in [2.24, 2.45) is 5.92 Å². The van der Waals surface area contributed by atoms with Crippen LogP contribution in [0.1, 0.15) is 30.5 Å². The van der Waals surface area contributed by atoms with Gasteiger partial charge in [0.15, 0.2) is 0 Å². The third-order valence-corrected chi connectivity index (χ3v) is 5.73. The van der Waals surface area contributed by atoms with Gasteiger partial charge in [-0.05, 0) is 32.7 Å². The van der Waals surface area contributed by atoms with Crippen LogP contribution in [-0.4, -0.2) is 64.8 Å². The molecule has 0 radical (unpaired) electrons. The quantitative estimate of drug-likeness (QED) is 0.759. The molecular weight excluding hydrogens is 314 g/mol. The molecule has 25 heavy (non-hydrogen) atoms. The van der Waals surface area contributed by atoms with Crippen LogP contribution in [0.3, 0.4) is 0 Å². The Morgan fingerprint density at radius 2 is 2.28 bits per heavy atom. The highest BCUT2D eigenvalue weighted by Crippen LogP contribution is 2.31. The fourth-order valence-corrected chi connectivity index (χ4v) is 4.28. The number of carbonyl (C=O) groups excluding carboxylic acids is 1. The number of allylic oxidation sites excluding steroid dienone is 1. The Balaban J connectivity index is 1.61. The van der Waals surface area contributed by atoms with E-state index >= 15 is 0 Å². The summed E-state index contributed by atoms with van der Waals surface area (Å²) in [5, 5.41) is 7.64. The first-order valence-electron chi connectivity index (χ1n) is 9.42. The van der Waals surface area contributed by atoms with Gasteiger partial charge in [-0.15, -0.1) is 6.58 Å². The Kier molecular flexibility index (Phi) is 5.91. The van der Waals surface area contributed by atoms with Gasteiger partial charge >= 0.3 is 0 Å². The second-order valence-corrected chi connectivity index (χ2v) is 7.31. The molecule has 3 heterocycles. The summed E-state index contributed by atoms with van der Waals surface area (Å²) in [6, 6.07) is 0.426. The van der Waals surface area contributed by atoms with Gasteiger partial charge < -0.3 is 10.2 Å². The minimum atomic E-state index is 0.339. The summed E-state index contributed by atoms with van der Waals surface area (Å²) < 4.78 is 2.01. The lowest BCUT2D eigenvalue weighted by Gasteiger charge is -2.47. The van der Waals surface area contributed by atoms with E-state index in [0.29, 0.717) is 24.3 Å². The Morgan fingerprint density at radius 3 is 3.04 bits per heavy atom. The Morgan fingerprint density at radius 1 is 1.44 bits per heavy atom. The van der Waals surface area contributed by atoms with Crippen molar-refractivity contribution in [1.82, 2.24) is 24.9 Å². The Hall–Kier alpha value is -1.66. The van der Waals surface area contributed by atoms with Gasteiger partial charge in [0.25, 0.3) is 0 Å². The number of piperidine rings is 2. The van der Waals surface area contributed by atoms with Gasteiger partial charge in [0.2, 0.25) is 5.91 Å². The molecule has 6 nitrogen and oxygen atoms in total. The highest BCUT2D eigenvalue weighted by molar-refractivity contribution is 5.77. The summed E-state index contributed by atoms with van der Waals surface area (Å²) >= 11 is 0. The minimum Gasteiger partial charge on any atom is -0.338 e. The van der Waals surface area contributed by atoms with Crippen molar-refractivity contribution in [2.75, 3.05) is 33.2 Å². The normalized spacial score (nSPS) is 24.4. The molecular formula is C19H31N5O. The highest BCUT2D eigenvalue weighted by Gasteiger charge is 2.38. The number of likely N-dealkylation sites (N-methyl/N-ethyl adjacent to an activating group) is 1. The maximum absolute atomic E-state index is 12.3. The predicted octanol–water partition coefficient (Wildman–Crippen LogP) is 1.41. The van der Waals surface area contributed by atoms with E-state index in [2.05, 4.69) is 33.7 Å². The molecule has 2 atom stereocenters. The van der Waals surface area contributed by atoms with Gasteiger partial charge in [0, 0.05) is 56.4 Å². The molecule has 6 heteroatoms. The number of rotatable bonds is 7. The molecule has 0 aromatic carbocycles. The van der Waals surface area contributed by atoms with Crippen LogP contribution in [0, 0.1) is 12.8 Å². The maximum Gasteiger partial charge on any atom is 0.222 e. The molecule has 2 unspecified atom stereocenters. The van der Waals surface area contributed by atoms with Crippen LogP contribution < -0.4 is 5.32 Å². The van der Waals surface area contributed by atoms with Crippen molar-refractivity contribution in [3.63, 3.8) is 0 Å². The maximum atomic E-state index is 12.3. The van der Waals surface area contributed by atoms with Crippen LogP contribution >= 0.6 is 0 Å². The van der Waals surface area contributed by atoms with E-state index in [1.165, 1.54) is 11.3 Å². The third kappa shape index (κ3) is 3.96. The standard InChI is InChI=1S/C19H31N5O/c1-4-9-24-15(2)17(12-21-24)14-22-10-7-18-16(13-22)5-6-19(25)23(18)11-8-20-3/h4,12,16,18,20H,1,5-11,13-14H2,2-3H3. The first-order valence-corrected chi connectivity index (χ1v) is 9.42. The first kappa shape index (κ1) is 18.1. The Bertz CT molecular complexity index is 611. The zero-order valence-corrected chi connectivity index (χ0v) is 15.6. The van der Waals surface area contributed by atoms with Crippen LogP contribution in [0.2, 0.25) is 0 Å². The molecule has 1 amide bonds. The molecule has 0 aliphatic carbocycles. The van der Waals surface area contributed by atoms with E-state index < -0.39 is 0 Å². The average Bonchev–Trinajstić information content (AvgIpc) is 2.95. The monoisotopic (exact) mass is 345 g/mol. The van der Waals surface area contributed by atoms with Gasteiger partial charge in [-0.1, -0.05) is 6.08 Å². The van der Waals surface area contributed by atoms with Gasteiger partial charge in [-0.2, -0.15) is 5.10 Å². The number of nitrogens with one attached hydrogen (secondary N) is 1. The van der Waals surface area contributed by atoms with E-state index in [1.54, 1.807) is 0 Å². The van der Waals surface area contributed by atoms with Crippen molar-refractivity contribution < 1.29 is 4.79 Å². The second-order valence-electron chi connectivity index (χ2n) is 7.31. The van der Waals surface area contributed by atoms with Gasteiger partial charge in [-0.3, -0.25) is 14.4 Å². The van der Waals surface area contributed by atoms with E-state index in [4.69, 9.17) is 0 Å². The molecule has 138 valence electrons. The number of hydrogen-bond donors (Lipinski definition) is 1. The van der Waals surface area contributed by atoms with E-state index in [9.17, 15) is 4.79 Å². The van der Waals surface area contributed by atoms with E-state index in [1.807, 2.05) is 24.0 Å². The number of carbonyl (C=O) groups is 1. The molecule has 0 spiro atoms. The topological polar surface area (TPSA) is 53.4 Å². The van der Waals surface area contributed by atoms with Crippen molar-refractivity contribution >= 4 is 5.91 Å². The van der Waals surface area contributed by atoms with Crippen molar-refractivity contribution in [1.29, 1.82) is 0 Å². The van der Waals surface area contributed by atoms with Gasteiger partial charge in [0.05, 0.1) is 12.7 Å². The number of likely N-dealkylation sites (tertiary alicyclic amines) is 2. The van der Waals surface area contributed by atoms with Crippen molar-refractivity contribution in [3.8, 4) is 0 Å². The summed E-state index contributed by atoms with van der Waals surface area (Å²) in [4.78, 5) is 17.0. The molecule has 0 saturated carbocycles. The SMILES string of the molecule is C=CCn1ncc(CN2CCC3C(CCC(=O)N3CCNC)C2)c1C. The summed E-state index contributed by atoms with van der Waals surface area (Å²) in [7, 11) is 1.95. The number of nitrogens with zero attached hydrogens (tertiary/aromatic N) is 4. The van der Waals surface area contributed by atoms with Crippen LogP contribution in [0.4, 0.5) is 0 Å². The lowest BCUT2D eigenvalue weighted by atomic mass is 9.83. The lowest BCUT2D eigenvalue weighted by molar-refractivity contribution is -0.141. The number of amides is 1. The average molecular weight is 345 g/mol. The minimum absolute atomic E-state index is 0.339. The zero-order valence-electron chi connectivity index (χ0n) is 15.6. The van der Waals surface area contributed by atoms with Crippen molar-refractivity contribution in [2.45, 2.75) is 45.3 Å². The van der Waals surface area contributed by atoms with Crippen LogP contribution in [0.25, 0.3) is 0 Å². The number of fused-ring (bicyclic) bond motifs is 1. The molecule has 2 fully saturated rings. The summed E-state index contributed by atoms with van der Waals surface area (Å²) in [6.45, 7) is 11.5. The number of aromatic nitrogens is 2. The predicted molar refractivity (Wildman–Crippen MR) is 99.2 cm³/mol. The number of hydrogen-bond acceptors (Lipinski definition) is 4. The summed E-state index contributed by atoms with van der Waals surface area (Å²) in [5.41, 5.74) is 2.54. The van der Waals surface area contributed by atoms with E-state index in [0.717, 1.165) is 52.1 Å². The molecule has 2 aliphatic rings. The summed E-state index contributed by atoms with van der Waals surface area (Å²) in [6.07, 6.45) is 6.70. The molecule has 1 aromatic rings. The van der Waals surface area contributed by atoms with Gasteiger partial charge in [-0.25, -0.2) is 0 Å². The molecule has 3 rings (SSSR count). The zero-order chi connectivity index (χ0) is 17.8. The van der Waals surface area contributed by atoms with Crippen LogP contribution in [-0.2, 0) is 17.9 Å². The smallest absolute Gasteiger partial charge is 0.222 e. The fourth-order valence-electron chi connectivity index (χ4n) is 4.28. The fraction of sp³-hybridized carbons (Fsp3) is 0.684. The van der Waals surface area contributed by atoms with Gasteiger partial charge in [0.1, 0.15) is 0 Å². The molecule has 2 aliphatic heterocycles. The lowest BCUT2D eigenvalue weighted by Crippen LogP contribution is -2.56. The Labute approximate surface area is 150 Å². The third-order valence-electron chi connectivity index (χ3n) is 5.73. The van der Waals surface area contributed by atoms with Crippen LogP contribution in [0.15, 0.2) is 18.9 Å². The van der Waals surface area contributed by atoms with Crippen LogP contribution in [0.5, 0.6) is 0 Å². The highest BCUT2D eigenvalue weighted by atomic mass is 16.2. The molecule has 1 N–H and O–H groups in total. The summed E-state index contributed by atoms with van der Waals surface area (Å²) in [5.74, 6) is 0.943. The van der Waals surface area contributed by atoms with Crippen molar-refractivity contribution in [3.05, 3.63) is 30.1 Å². The van der Waals surface area contributed by atoms with E-state index in [-0.39, 0.29) is 0 Å². The molecule has 1 aromatic heterocycles. The first-order chi connectivity index (χ1) is 12.1.